The fourth-order valence-corrected chi connectivity index (χ4v) is 1.82. The van der Waals surface area contributed by atoms with E-state index in [9.17, 15) is 8.42 Å². The summed E-state index contributed by atoms with van der Waals surface area (Å²) in [5.41, 5.74) is 0. The number of sulfone groups is 1. The Hall–Kier alpha value is -0.310. The minimum absolute atomic E-state index is 0.337. The Kier molecular flexibility index (Phi) is 1.38. The second-order valence-corrected chi connectivity index (χ2v) is 3.89. The van der Waals surface area contributed by atoms with E-state index in [0.29, 0.717) is 5.75 Å². The molecule has 0 N–H and O–H groups in total. The average molecular weight is 132 g/mol. The van der Waals surface area contributed by atoms with Crippen molar-refractivity contribution in [3.8, 4) is 0 Å². The van der Waals surface area contributed by atoms with Crippen LogP contribution in [-0.4, -0.2) is 14.2 Å². The lowest BCUT2D eigenvalue weighted by molar-refractivity contribution is 0.600. The van der Waals surface area contributed by atoms with Crippen molar-refractivity contribution in [2.24, 2.45) is 0 Å². The molecule has 0 saturated carbocycles. The third-order valence-electron chi connectivity index (χ3n) is 1.10. The molecule has 0 saturated heterocycles. The minimum atomic E-state index is -2.76. The first-order valence-corrected chi connectivity index (χ1v) is 4.31. The van der Waals surface area contributed by atoms with E-state index in [0.717, 1.165) is 12.8 Å². The summed E-state index contributed by atoms with van der Waals surface area (Å²) >= 11 is 0. The Morgan fingerprint density at radius 2 is 2.12 bits per heavy atom. The van der Waals surface area contributed by atoms with Gasteiger partial charge in [0.25, 0.3) is 0 Å². The normalized spacial score (nSPS) is 25.5. The molecular formula is C5H8O2S. The first-order valence-electron chi connectivity index (χ1n) is 2.60. The molecule has 46 valence electrons. The van der Waals surface area contributed by atoms with E-state index in [1.165, 1.54) is 5.41 Å². The molecule has 1 aliphatic rings. The molecule has 0 fully saturated rings. The van der Waals surface area contributed by atoms with Crippen molar-refractivity contribution in [2.45, 2.75) is 12.8 Å². The summed E-state index contributed by atoms with van der Waals surface area (Å²) in [7, 11) is -2.76. The van der Waals surface area contributed by atoms with Gasteiger partial charge in [0.15, 0.2) is 9.84 Å². The molecule has 0 amide bonds. The van der Waals surface area contributed by atoms with Gasteiger partial charge in [-0.25, -0.2) is 8.42 Å². The summed E-state index contributed by atoms with van der Waals surface area (Å²) in [6.07, 6.45) is 3.41. The molecule has 0 spiro atoms. The van der Waals surface area contributed by atoms with E-state index in [2.05, 4.69) is 0 Å². The Bertz CT molecular complexity index is 188. The topological polar surface area (TPSA) is 34.1 Å². The van der Waals surface area contributed by atoms with Crippen LogP contribution in [0.2, 0.25) is 0 Å². The highest BCUT2D eigenvalue weighted by Crippen LogP contribution is 2.06. The van der Waals surface area contributed by atoms with Crippen molar-refractivity contribution in [2.75, 3.05) is 5.75 Å². The van der Waals surface area contributed by atoms with E-state index >= 15 is 0 Å². The predicted molar refractivity (Wildman–Crippen MR) is 32.2 cm³/mol. The maximum absolute atomic E-state index is 10.6. The summed E-state index contributed by atoms with van der Waals surface area (Å²) in [5, 5.41) is 1.30. The number of hydrogen-bond acceptors (Lipinski definition) is 2. The van der Waals surface area contributed by atoms with Crippen LogP contribution < -0.4 is 0 Å². The van der Waals surface area contributed by atoms with Crippen LogP contribution in [0, 0.1) is 0 Å². The maximum Gasteiger partial charge on any atom is 0.171 e. The van der Waals surface area contributed by atoms with Gasteiger partial charge in [-0.05, 0) is 12.8 Å². The lowest BCUT2D eigenvalue weighted by Gasteiger charge is -2.00. The Morgan fingerprint density at radius 3 is 2.38 bits per heavy atom. The smallest absolute Gasteiger partial charge is 0.171 e. The van der Waals surface area contributed by atoms with E-state index in [1.807, 2.05) is 0 Å². The quantitative estimate of drug-likeness (QED) is 0.486. The SMILES string of the molecule is O=S1(=O)C=CCCC1. The lowest BCUT2D eigenvalue weighted by Crippen LogP contribution is -2.04. The van der Waals surface area contributed by atoms with Gasteiger partial charge in [-0.15, -0.1) is 0 Å². The molecule has 0 aromatic heterocycles. The summed E-state index contributed by atoms with van der Waals surface area (Å²) in [6.45, 7) is 0. The van der Waals surface area contributed by atoms with E-state index in [4.69, 9.17) is 0 Å². The zero-order valence-electron chi connectivity index (χ0n) is 4.50. The predicted octanol–water partition coefficient (Wildman–Crippen LogP) is 0.709. The second-order valence-electron chi connectivity index (χ2n) is 1.88. The highest BCUT2D eigenvalue weighted by atomic mass is 32.2. The molecule has 1 rings (SSSR count). The van der Waals surface area contributed by atoms with Crippen molar-refractivity contribution in [1.29, 1.82) is 0 Å². The Balaban J connectivity index is 2.87. The maximum atomic E-state index is 10.6. The molecule has 1 heterocycles. The van der Waals surface area contributed by atoms with Crippen molar-refractivity contribution in [3.63, 3.8) is 0 Å². The standard InChI is InChI=1S/C5H8O2S/c6-8(7)4-2-1-3-5-8/h2,4H,1,3,5H2. The first-order chi connectivity index (χ1) is 3.71. The molecule has 0 aromatic rings. The third-order valence-corrected chi connectivity index (χ3v) is 2.57. The summed E-state index contributed by atoms with van der Waals surface area (Å²) in [5.74, 6) is 0.337. The van der Waals surface area contributed by atoms with E-state index in [-0.39, 0.29) is 0 Å². The van der Waals surface area contributed by atoms with Crippen molar-refractivity contribution >= 4 is 9.84 Å². The molecule has 8 heavy (non-hydrogen) atoms. The Labute approximate surface area is 49.1 Å². The highest BCUT2D eigenvalue weighted by molar-refractivity contribution is 7.94. The monoisotopic (exact) mass is 132 g/mol. The van der Waals surface area contributed by atoms with Gasteiger partial charge >= 0.3 is 0 Å². The van der Waals surface area contributed by atoms with Gasteiger partial charge < -0.3 is 0 Å². The summed E-state index contributed by atoms with van der Waals surface area (Å²) in [6, 6.07) is 0. The molecule has 0 radical (unpaired) electrons. The molecule has 0 atom stereocenters. The molecule has 3 heteroatoms. The molecule has 1 aliphatic heterocycles. The van der Waals surface area contributed by atoms with Gasteiger partial charge in [-0.3, -0.25) is 0 Å². The van der Waals surface area contributed by atoms with Crippen molar-refractivity contribution < 1.29 is 8.42 Å². The minimum Gasteiger partial charge on any atom is -0.224 e. The summed E-state index contributed by atoms with van der Waals surface area (Å²) in [4.78, 5) is 0. The van der Waals surface area contributed by atoms with Gasteiger partial charge in [0.2, 0.25) is 0 Å². The van der Waals surface area contributed by atoms with Gasteiger partial charge in [0, 0.05) is 5.41 Å². The molecule has 0 aliphatic carbocycles. The van der Waals surface area contributed by atoms with Crippen LogP contribution in [0.3, 0.4) is 0 Å². The molecule has 0 unspecified atom stereocenters. The zero-order valence-corrected chi connectivity index (χ0v) is 5.32. The van der Waals surface area contributed by atoms with Gasteiger partial charge in [-0.2, -0.15) is 0 Å². The molecular weight excluding hydrogens is 124 g/mol. The Morgan fingerprint density at radius 1 is 1.38 bits per heavy atom. The van der Waals surface area contributed by atoms with Crippen LogP contribution in [0.15, 0.2) is 11.5 Å². The average Bonchev–Trinajstić information content (AvgIpc) is 1.65. The van der Waals surface area contributed by atoms with Crippen LogP contribution in [0.5, 0.6) is 0 Å². The van der Waals surface area contributed by atoms with Crippen LogP contribution in [0.25, 0.3) is 0 Å². The van der Waals surface area contributed by atoms with E-state index in [1.54, 1.807) is 6.08 Å². The molecule has 0 bridgehead atoms. The van der Waals surface area contributed by atoms with Crippen LogP contribution in [0.1, 0.15) is 12.8 Å². The van der Waals surface area contributed by atoms with Crippen molar-refractivity contribution in [1.82, 2.24) is 0 Å². The lowest BCUT2D eigenvalue weighted by atomic mass is 10.3. The van der Waals surface area contributed by atoms with Gasteiger partial charge in [0.05, 0.1) is 5.75 Å². The number of rotatable bonds is 0. The zero-order chi connectivity index (χ0) is 6.04. The van der Waals surface area contributed by atoms with E-state index < -0.39 is 9.84 Å². The van der Waals surface area contributed by atoms with Gasteiger partial charge in [0.1, 0.15) is 0 Å². The highest BCUT2D eigenvalue weighted by Gasteiger charge is 2.07. The number of hydrogen-bond donors (Lipinski definition) is 0. The largest absolute Gasteiger partial charge is 0.224 e. The fraction of sp³-hybridized carbons (Fsp3) is 0.600. The van der Waals surface area contributed by atoms with Crippen molar-refractivity contribution in [3.05, 3.63) is 11.5 Å². The van der Waals surface area contributed by atoms with Crippen LogP contribution in [0.4, 0.5) is 0 Å². The second kappa shape index (κ2) is 1.90. The van der Waals surface area contributed by atoms with Gasteiger partial charge in [-0.1, -0.05) is 6.08 Å². The molecule has 0 aromatic carbocycles. The third kappa shape index (κ3) is 1.33. The van der Waals surface area contributed by atoms with Crippen LogP contribution in [-0.2, 0) is 9.84 Å². The van der Waals surface area contributed by atoms with Crippen LogP contribution >= 0.6 is 0 Å². The molecule has 2 nitrogen and oxygen atoms in total. The number of allylic oxidation sites excluding steroid dienone is 1. The first kappa shape index (κ1) is 5.82. The fourth-order valence-electron chi connectivity index (χ4n) is 0.685. The summed E-state index contributed by atoms with van der Waals surface area (Å²) < 4.78 is 21.1.